The van der Waals surface area contributed by atoms with Gasteiger partial charge in [-0.2, -0.15) is 13.2 Å². The highest BCUT2D eigenvalue weighted by Crippen LogP contribution is 2.36. The van der Waals surface area contributed by atoms with Crippen LogP contribution in [0.2, 0.25) is 5.02 Å². The average Bonchev–Trinajstić information content (AvgIpc) is 2.36. The van der Waals surface area contributed by atoms with E-state index < -0.39 is 34.6 Å². The van der Waals surface area contributed by atoms with Crippen molar-refractivity contribution in [2.45, 2.75) is 33.0 Å². The van der Waals surface area contributed by atoms with Crippen molar-refractivity contribution in [1.82, 2.24) is 0 Å². The van der Waals surface area contributed by atoms with Gasteiger partial charge in [-0.3, -0.25) is 0 Å². The van der Waals surface area contributed by atoms with Crippen molar-refractivity contribution in [1.29, 1.82) is 0 Å². The maximum Gasteiger partial charge on any atom is 0.416 e. The first kappa shape index (κ1) is 18.5. The lowest BCUT2D eigenvalue weighted by Crippen LogP contribution is -2.36. The number of esters is 1. The van der Waals surface area contributed by atoms with E-state index in [4.69, 9.17) is 16.3 Å². The molecular weight excluding hydrogens is 326 g/mol. The van der Waals surface area contributed by atoms with E-state index in [2.05, 4.69) is 5.32 Å². The van der Waals surface area contributed by atoms with Gasteiger partial charge >= 0.3 is 12.1 Å². The molecule has 0 spiro atoms. The van der Waals surface area contributed by atoms with Gasteiger partial charge in [0.15, 0.2) is 0 Å². The lowest BCUT2D eigenvalue weighted by molar-refractivity contribution is -0.145. The highest BCUT2D eigenvalue weighted by atomic mass is 35.5. The number of ether oxygens (including phenoxy) is 1. The zero-order valence-corrected chi connectivity index (χ0v) is 13.0. The number of benzene rings is 1. The minimum atomic E-state index is -4.71. The lowest BCUT2D eigenvalue weighted by atomic mass is 10.0. The minimum absolute atomic E-state index is 0.132. The third-order valence-electron chi connectivity index (χ3n) is 2.88. The van der Waals surface area contributed by atoms with Gasteiger partial charge in [-0.05, 0) is 25.0 Å². The van der Waals surface area contributed by atoms with E-state index in [0.717, 1.165) is 0 Å². The zero-order valence-electron chi connectivity index (χ0n) is 12.2. The van der Waals surface area contributed by atoms with Crippen LogP contribution < -0.4 is 5.32 Å². The first-order chi connectivity index (χ1) is 10.1. The van der Waals surface area contributed by atoms with Gasteiger partial charge < -0.3 is 10.1 Å². The predicted octanol–water partition coefficient (Wildman–Crippen LogP) is 4.50. The van der Waals surface area contributed by atoms with Crippen molar-refractivity contribution in [3.05, 3.63) is 28.5 Å². The van der Waals surface area contributed by atoms with E-state index in [1.807, 2.05) is 0 Å². The minimum Gasteiger partial charge on any atom is -0.464 e. The summed E-state index contributed by atoms with van der Waals surface area (Å²) in [6.45, 7) is 5.11. The molecule has 0 radical (unpaired) electrons. The van der Waals surface area contributed by atoms with E-state index >= 15 is 0 Å². The van der Waals surface area contributed by atoms with Gasteiger partial charge in [0.25, 0.3) is 0 Å². The highest BCUT2D eigenvalue weighted by Gasteiger charge is 2.33. The number of anilines is 1. The van der Waals surface area contributed by atoms with Crippen molar-refractivity contribution < 1.29 is 27.1 Å². The van der Waals surface area contributed by atoms with E-state index in [1.54, 1.807) is 20.8 Å². The molecule has 0 saturated heterocycles. The van der Waals surface area contributed by atoms with Crippen LogP contribution in [0.3, 0.4) is 0 Å². The molecule has 3 nitrogen and oxygen atoms in total. The Morgan fingerprint density at radius 3 is 2.36 bits per heavy atom. The van der Waals surface area contributed by atoms with E-state index in [-0.39, 0.29) is 18.2 Å². The second-order valence-corrected chi connectivity index (χ2v) is 5.34. The molecule has 124 valence electrons. The van der Waals surface area contributed by atoms with Crippen molar-refractivity contribution in [3.63, 3.8) is 0 Å². The SMILES string of the molecule is CCOC(=O)C(Nc1c(F)cc(C(F)(F)F)cc1Cl)C(C)C. The van der Waals surface area contributed by atoms with Crippen molar-refractivity contribution in [3.8, 4) is 0 Å². The molecule has 0 amide bonds. The third kappa shape index (κ3) is 4.50. The average molecular weight is 342 g/mol. The number of carbonyl (C=O) groups excluding carboxylic acids is 1. The van der Waals surface area contributed by atoms with Crippen LogP contribution >= 0.6 is 11.6 Å². The van der Waals surface area contributed by atoms with Crippen LogP contribution in [0.1, 0.15) is 26.3 Å². The summed E-state index contributed by atoms with van der Waals surface area (Å²) in [6.07, 6.45) is -4.71. The molecule has 0 saturated carbocycles. The fourth-order valence-electron chi connectivity index (χ4n) is 1.76. The fraction of sp³-hybridized carbons (Fsp3) is 0.500. The summed E-state index contributed by atoms with van der Waals surface area (Å²) in [5.74, 6) is -2.10. The molecule has 0 aromatic heterocycles. The van der Waals surface area contributed by atoms with Gasteiger partial charge in [-0.25, -0.2) is 9.18 Å². The summed E-state index contributed by atoms with van der Waals surface area (Å²) in [5.41, 5.74) is -1.56. The highest BCUT2D eigenvalue weighted by molar-refractivity contribution is 6.33. The smallest absolute Gasteiger partial charge is 0.416 e. The van der Waals surface area contributed by atoms with Gasteiger partial charge in [-0.1, -0.05) is 25.4 Å². The fourth-order valence-corrected chi connectivity index (χ4v) is 2.02. The number of hydrogen-bond acceptors (Lipinski definition) is 3. The number of hydrogen-bond donors (Lipinski definition) is 1. The van der Waals surface area contributed by atoms with Gasteiger partial charge in [0, 0.05) is 0 Å². The number of carbonyl (C=O) groups is 1. The Balaban J connectivity index is 3.13. The number of halogens is 5. The molecule has 1 atom stereocenters. The van der Waals surface area contributed by atoms with E-state index in [0.29, 0.717) is 12.1 Å². The second kappa shape index (κ2) is 7.17. The standard InChI is InChI=1S/C14H16ClF4NO2/c1-4-22-13(21)11(7(2)3)20-12-9(15)5-8(6-10(12)16)14(17,18)19/h5-7,11,20H,4H2,1-3H3. The number of alkyl halides is 3. The molecule has 22 heavy (non-hydrogen) atoms. The molecule has 0 heterocycles. The Labute approximate surface area is 130 Å². The van der Waals surface area contributed by atoms with Crippen LogP contribution in [0.15, 0.2) is 12.1 Å². The van der Waals surface area contributed by atoms with Gasteiger partial charge in [-0.15, -0.1) is 0 Å². The van der Waals surface area contributed by atoms with Crippen LogP contribution in [0.4, 0.5) is 23.2 Å². The van der Waals surface area contributed by atoms with Gasteiger partial charge in [0.05, 0.1) is 22.9 Å². The normalized spacial score (nSPS) is 13.1. The summed E-state index contributed by atoms with van der Waals surface area (Å²) in [6, 6.07) is 0.00963. The van der Waals surface area contributed by atoms with Crippen LogP contribution in [0.5, 0.6) is 0 Å². The number of nitrogens with one attached hydrogen (secondary N) is 1. The first-order valence-electron chi connectivity index (χ1n) is 6.57. The molecule has 1 rings (SSSR count). The third-order valence-corrected chi connectivity index (χ3v) is 3.17. The number of rotatable bonds is 5. The monoisotopic (exact) mass is 341 g/mol. The summed E-state index contributed by atoms with van der Waals surface area (Å²) >= 11 is 5.72. The van der Waals surface area contributed by atoms with E-state index in [9.17, 15) is 22.4 Å². The quantitative estimate of drug-likeness (QED) is 0.633. The first-order valence-corrected chi connectivity index (χ1v) is 6.95. The summed E-state index contributed by atoms with van der Waals surface area (Å²) in [4.78, 5) is 11.8. The van der Waals surface area contributed by atoms with Gasteiger partial charge in [0.1, 0.15) is 11.9 Å². The van der Waals surface area contributed by atoms with Crippen molar-refractivity contribution in [2.75, 3.05) is 11.9 Å². The summed E-state index contributed by atoms with van der Waals surface area (Å²) in [5, 5.41) is 2.07. The molecule has 8 heteroatoms. The Hall–Kier alpha value is -1.50. The molecule has 0 aliphatic heterocycles. The molecule has 1 aromatic carbocycles. The molecular formula is C14H16ClF4NO2. The zero-order chi connectivity index (χ0) is 17.1. The predicted molar refractivity (Wildman–Crippen MR) is 75.3 cm³/mol. The van der Waals surface area contributed by atoms with Gasteiger partial charge in [0.2, 0.25) is 0 Å². The Morgan fingerprint density at radius 1 is 1.36 bits per heavy atom. The maximum absolute atomic E-state index is 13.9. The molecule has 1 unspecified atom stereocenters. The van der Waals surface area contributed by atoms with Crippen LogP contribution in [0.25, 0.3) is 0 Å². The Morgan fingerprint density at radius 2 is 1.95 bits per heavy atom. The Kier molecular flexibility index (Phi) is 6.05. The van der Waals surface area contributed by atoms with E-state index in [1.165, 1.54) is 0 Å². The maximum atomic E-state index is 13.9. The Bertz CT molecular complexity index is 523. The summed E-state index contributed by atoms with van der Waals surface area (Å²) < 4.78 is 56.5. The van der Waals surface area contributed by atoms with Crippen LogP contribution in [-0.2, 0) is 15.7 Å². The molecule has 0 aliphatic carbocycles. The van der Waals surface area contributed by atoms with Crippen molar-refractivity contribution >= 4 is 23.3 Å². The molecule has 0 aliphatic rings. The lowest BCUT2D eigenvalue weighted by Gasteiger charge is -2.23. The summed E-state index contributed by atoms with van der Waals surface area (Å²) in [7, 11) is 0. The molecule has 1 N–H and O–H groups in total. The largest absolute Gasteiger partial charge is 0.464 e. The molecule has 1 aromatic rings. The molecule has 0 bridgehead atoms. The van der Waals surface area contributed by atoms with Crippen LogP contribution in [-0.4, -0.2) is 18.6 Å². The second-order valence-electron chi connectivity index (χ2n) is 4.93. The molecule has 0 fully saturated rings. The van der Waals surface area contributed by atoms with Crippen molar-refractivity contribution in [2.24, 2.45) is 5.92 Å². The van der Waals surface area contributed by atoms with Crippen LogP contribution in [0, 0.1) is 11.7 Å². The topological polar surface area (TPSA) is 38.3 Å².